The zero-order valence-electron chi connectivity index (χ0n) is 34.3. The van der Waals surface area contributed by atoms with Crippen LogP contribution in [0.15, 0.2) is 48.6 Å². The summed E-state index contributed by atoms with van der Waals surface area (Å²) in [6.45, 7) is 5.45. The van der Waals surface area contributed by atoms with Crippen LogP contribution in [0.25, 0.3) is 0 Å². The molecule has 2 unspecified atom stereocenters. The molecule has 0 aromatic rings. The van der Waals surface area contributed by atoms with E-state index in [1.54, 1.807) is 0 Å². The Kier molecular flexibility index (Phi) is 35.4. The molecule has 0 aliphatic heterocycles. The third kappa shape index (κ3) is 39.7. The lowest BCUT2D eigenvalue weighted by Crippen LogP contribution is -2.37. The zero-order valence-corrected chi connectivity index (χ0v) is 35.2. The Morgan fingerprint density at radius 3 is 1.69 bits per heavy atom. The van der Waals surface area contributed by atoms with Crippen LogP contribution in [0.5, 0.6) is 0 Å². The largest absolute Gasteiger partial charge is 0.472 e. The fourth-order valence-corrected chi connectivity index (χ4v) is 6.13. The number of esters is 1. The Bertz CT molecular complexity index is 973. The summed E-state index contributed by atoms with van der Waals surface area (Å²) in [6.07, 6.45) is 42.8. The highest BCUT2D eigenvalue weighted by Crippen LogP contribution is 2.43. The summed E-state index contributed by atoms with van der Waals surface area (Å²) in [7, 11) is 1.65. The van der Waals surface area contributed by atoms with E-state index in [1.165, 1.54) is 77.0 Å². The highest BCUT2D eigenvalue weighted by molar-refractivity contribution is 7.47. The molecule has 0 aromatic heterocycles. The Balaban J connectivity index is 4.25. The molecule has 304 valence electrons. The zero-order chi connectivity index (χ0) is 38.4. The van der Waals surface area contributed by atoms with Crippen LogP contribution in [0.4, 0.5) is 0 Å². The summed E-state index contributed by atoms with van der Waals surface area (Å²) in [4.78, 5) is 22.8. The van der Waals surface area contributed by atoms with E-state index in [-0.39, 0.29) is 25.8 Å². The molecule has 0 saturated heterocycles. The van der Waals surface area contributed by atoms with Crippen molar-refractivity contribution in [1.82, 2.24) is 0 Å². The highest BCUT2D eigenvalue weighted by atomic mass is 31.2. The lowest BCUT2D eigenvalue weighted by Gasteiger charge is -2.24. The van der Waals surface area contributed by atoms with Crippen LogP contribution in [0.1, 0.15) is 162 Å². The van der Waals surface area contributed by atoms with E-state index >= 15 is 0 Å². The Morgan fingerprint density at radius 1 is 0.615 bits per heavy atom. The minimum atomic E-state index is -4.28. The number of nitrogens with zero attached hydrogens (tertiary/aromatic N) is 1. The summed E-state index contributed by atoms with van der Waals surface area (Å²) in [6, 6.07) is 0. The summed E-state index contributed by atoms with van der Waals surface area (Å²) in [5.74, 6) is -0.329. The smallest absolute Gasteiger partial charge is 0.457 e. The SMILES string of the molecule is CC/C=C\C/C=C\C/C=C\CCCCCCCCCCOCC(COP(=O)(O)OCC[N+](C)(C)C)OC(=O)CCCCCCC/C=C\CCCCC. The van der Waals surface area contributed by atoms with Gasteiger partial charge >= 0.3 is 13.8 Å². The van der Waals surface area contributed by atoms with Crippen molar-refractivity contribution in [3.05, 3.63) is 48.6 Å². The first kappa shape index (κ1) is 50.5. The minimum absolute atomic E-state index is 0.0840. The van der Waals surface area contributed by atoms with E-state index in [2.05, 4.69) is 62.5 Å². The van der Waals surface area contributed by atoms with Crippen molar-refractivity contribution in [2.75, 3.05) is 54.1 Å². The second kappa shape index (κ2) is 36.4. The van der Waals surface area contributed by atoms with Gasteiger partial charge in [0, 0.05) is 13.0 Å². The number of hydrogen-bond donors (Lipinski definition) is 1. The second-order valence-electron chi connectivity index (χ2n) is 15.0. The molecule has 0 fully saturated rings. The molecule has 0 aliphatic rings. The number of allylic oxidation sites excluding steroid dienone is 8. The predicted octanol–water partition coefficient (Wildman–Crippen LogP) is 12.0. The standard InChI is InChI=1S/C43H80NO7P/c1-6-8-10-12-14-16-18-20-21-22-23-24-25-27-29-31-33-35-38-48-40-42(41-50-52(46,47)49-39-37-44(3,4)5)51-43(45)36-34-32-30-28-26-19-17-15-13-11-9-7-2/h8,10,14-17,20-21,42H,6-7,9,11-13,18-19,22-41H2,1-5H3/p+1/b10-8-,16-14-,17-15-,21-20-. The maximum absolute atomic E-state index is 12.6. The number of likely N-dealkylation sites (N-methyl/N-ethyl adjacent to an activating group) is 1. The second-order valence-corrected chi connectivity index (χ2v) is 16.4. The molecule has 2 atom stereocenters. The maximum Gasteiger partial charge on any atom is 0.472 e. The van der Waals surface area contributed by atoms with Crippen LogP contribution < -0.4 is 0 Å². The van der Waals surface area contributed by atoms with Crippen molar-refractivity contribution in [1.29, 1.82) is 0 Å². The topological polar surface area (TPSA) is 91.3 Å². The molecule has 1 N–H and O–H groups in total. The lowest BCUT2D eigenvalue weighted by molar-refractivity contribution is -0.870. The van der Waals surface area contributed by atoms with Crippen molar-refractivity contribution in [2.45, 2.75) is 168 Å². The van der Waals surface area contributed by atoms with Gasteiger partial charge in [-0.3, -0.25) is 13.8 Å². The normalized spacial score (nSPS) is 14.3. The van der Waals surface area contributed by atoms with Crippen molar-refractivity contribution >= 4 is 13.8 Å². The van der Waals surface area contributed by atoms with E-state index in [9.17, 15) is 14.3 Å². The van der Waals surface area contributed by atoms with Crippen molar-refractivity contribution < 1.29 is 37.3 Å². The first-order valence-corrected chi connectivity index (χ1v) is 22.4. The Labute approximate surface area is 320 Å². The van der Waals surface area contributed by atoms with Gasteiger partial charge in [0.05, 0.1) is 34.4 Å². The van der Waals surface area contributed by atoms with Crippen molar-refractivity contribution in [2.24, 2.45) is 0 Å². The number of carbonyl (C=O) groups excluding carboxylic acids is 1. The molecule has 0 aliphatic carbocycles. The quantitative estimate of drug-likeness (QED) is 0.0221. The van der Waals surface area contributed by atoms with Crippen LogP contribution in [0, 0.1) is 0 Å². The summed E-state index contributed by atoms with van der Waals surface area (Å²) < 4.78 is 34.9. The molecule has 0 aromatic carbocycles. The van der Waals surface area contributed by atoms with Gasteiger partial charge in [-0.15, -0.1) is 0 Å². The van der Waals surface area contributed by atoms with E-state index in [0.717, 1.165) is 64.2 Å². The summed E-state index contributed by atoms with van der Waals surface area (Å²) >= 11 is 0. The first-order chi connectivity index (χ1) is 25.1. The molecule has 52 heavy (non-hydrogen) atoms. The van der Waals surface area contributed by atoms with Gasteiger partial charge in [0.2, 0.25) is 0 Å². The number of phosphoric ester groups is 1. The summed E-state index contributed by atoms with van der Waals surface area (Å²) in [5, 5.41) is 0. The van der Waals surface area contributed by atoms with E-state index in [0.29, 0.717) is 24.1 Å². The molecule has 0 spiro atoms. The number of rotatable bonds is 38. The first-order valence-electron chi connectivity index (χ1n) is 20.9. The molecule has 9 heteroatoms. The number of ether oxygens (including phenoxy) is 2. The molecule has 0 saturated carbocycles. The van der Waals surface area contributed by atoms with Gasteiger partial charge < -0.3 is 18.9 Å². The van der Waals surface area contributed by atoms with Gasteiger partial charge in [0.15, 0.2) is 0 Å². The highest BCUT2D eigenvalue weighted by Gasteiger charge is 2.26. The predicted molar refractivity (Wildman–Crippen MR) is 219 cm³/mol. The molecular weight excluding hydrogens is 673 g/mol. The number of hydrogen-bond acceptors (Lipinski definition) is 6. The third-order valence-corrected chi connectivity index (χ3v) is 9.61. The number of carbonyl (C=O) groups is 1. The number of quaternary nitrogens is 1. The van der Waals surface area contributed by atoms with E-state index in [4.69, 9.17) is 18.5 Å². The monoisotopic (exact) mass is 755 g/mol. The molecule has 0 rings (SSSR count). The Hall–Kier alpha value is -1.54. The van der Waals surface area contributed by atoms with Gasteiger partial charge in [-0.1, -0.05) is 133 Å². The molecule has 8 nitrogen and oxygen atoms in total. The third-order valence-electron chi connectivity index (χ3n) is 8.62. The Morgan fingerprint density at radius 2 is 1.12 bits per heavy atom. The molecular formula is C43H81NO7P+. The molecule has 0 bridgehead atoms. The van der Waals surface area contributed by atoms with Crippen LogP contribution in [0.2, 0.25) is 0 Å². The van der Waals surface area contributed by atoms with Crippen molar-refractivity contribution in [3.8, 4) is 0 Å². The number of unbranched alkanes of at least 4 members (excludes halogenated alkanes) is 16. The van der Waals surface area contributed by atoms with Crippen LogP contribution >= 0.6 is 7.82 Å². The van der Waals surface area contributed by atoms with Crippen LogP contribution in [-0.2, 0) is 27.9 Å². The average molecular weight is 755 g/mol. The maximum atomic E-state index is 12.6. The van der Waals surface area contributed by atoms with Crippen LogP contribution in [0.3, 0.4) is 0 Å². The molecule has 0 radical (unpaired) electrons. The lowest BCUT2D eigenvalue weighted by atomic mass is 10.1. The molecule has 0 amide bonds. The van der Waals surface area contributed by atoms with Gasteiger partial charge in [0.25, 0.3) is 0 Å². The van der Waals surface area contributed by atoms with E-state index < -0.39 is 13.9 Å². The van der Waals surface area contributed by atoms with Crippen LogP contribution in [-0.4, -0.2) is 75.6 Å². The summed E-state index contributed by atoms with van der Waals surface area (Å²) in [5.41, 5.74) is 0. The van der Waals surface area contributed by atoms with Gasteiger partial charge in [-0.05, 0) is 70.6 Å². The van der Waals surface area contributed by atoms with Gasteiger partial charge in [-0.2, -0.15) is 0 Å². The fraction of sp³-hybridized carbons (Fsp3) is 0.791. The fourth-order valence-electron chi connectivity index (χ4n) is 5.38. The molecule has 0 heterocycles. The van der Waals surface area contributed by atoms with Gasteiger partial charge in [0.1, 0.15) is 19.3 Å². The van der Waals surface area contributed by atoms with Gasteiger partial charge in [-0.25, -0.2) is 4.57 Å². The average Bonchev–Trinajstić information content (AvgIpc) is 3.09. The van der Waals surface area contributed by atoms with Crippen molar-refractivity contribution in [3.63, 3.8) is 0 Å². The minimum Gasteiger partial charge on any atom is -0.457 e. The van der Waals surface area contributed by atoms with E-state index in [1.807, 2.05) is 21.1 Å². The number of phosphoric acid groups is 1.